The van der Waals surface area contributed by atoms with Crippen molar-refractivity contribution in [2.45, 2.75) is 45.4 Å². The highest BCUT2D eigenvalue weighted by Gasteiger charge is 2.38. The number of nitrogens with zero attached hydrogens (tertiary/aromatic N) is 3. The Balaban J connectivity index is 1.75. The summed E-state index contributed by atoms with van der Waals surface area (Å²) in [7, 11) is 0. The van der Waals surface area contributed by atoms with Crippen LogP contribution in [0.2, 0.25) is 5.02 Å². The minimum Gasteiger partial charge on any atom is -0.478 e. The number of anilines is 1. The van der Waals surface area contributed by atoms with Crippen molar-refractivity contribution in [1.82, 2.24) is 9.78 Å². The maximum absolute atomic E-state index is 13.7. The van der Waals surface area contributed by atoms with E-state index >= 15 is 0 Å². The van der Waals surface area contributed by atoms with Crippen molar-refractivity contribution in [2.24, 2.45) is 5.92 Å². The second kappa shape index (κ2) is 9.94. The van der Waals surface area contributed by atoms with Gasteiger partial charge in [-0.3, -0.25) is 9.59 Å². The number of carbonyl (C=O) groups is 3. The highest BCUT2D eigenvalue weighted by Crippen LogP contribution is 2.37. The Bertz CT molecular complexity index is 1420. The van der Waals surface area contributed by atoms with Crippen LogP contribution in [0.25, 0.3) is 10.9 Å². The van der Waals surface area contributed by atoms with Crippen LogP contribution in [-0.4, -0.2) is 51.4 Å². The maximum Gasteiger partial charge on any atom is 0.417 e. The molecule has 202 valence electrons. The summed E-state index contributed by atoms with van der Waals surface area (Å²) in [6.45, 7) is 6.08. The van der Waals surface area contributed by atoms with Gasteiger partial charge < -0.3 is 14.7 Å². The molecule has 4 rings (SSSR count). The molecule has 0 unspecified atom stereocenters. The molecule has 2 heterocycles. The van der Waals surface area contributed by atoms with Gasteiger partial charge in [0, 0.05) is 18.5 Å². The molecule has 0 saturated carbocycles. The van der Waals surface area contributed by atoms with Gasteiger partial charge in [0.05, 0.1) is 33.1 Å². The molecule has 0 aliphatic carbocycles. The summed E-state index contributed by atoms with van der Waals surface area (Å²) in [5.74, 6) is -2.79. The Labute approximate surface area is 220 Å². The number of aromatic carboxylic acids is 1. The van der Waals surface area contributed by atoms with Gasteiger partial charge >= 0.3 is 18.1 Å². The van der Waals surface area contributed by atoms with E-state index < -0.39 is 39.8 Å². The van der Waals surface area contributed by atoms with Crippen LogP contribution in [0.15, 0.2) is 36.4 Å². The molecule has 2 aromatic carbocycles. The van der Waals surface area contributed by atoms with Crippen molar-refractivity contribution in [1.29, 1.82) is 0 Å². The van der Waals surface area contributed by atoms with Crippen molar-refractivity contribution < 1.29 is 37.4 Å². The van der Waals surface area contributed by atoms with Gasteiger partial charge in [-0.1, -0.05) is 17.7 Å². The predicted octanol–water partition coefficient (Wildman–Crippen LogP) is 5.65. The molecule has 8 nitrogen and oxygen atoms in total. The van der Waals surface area contributed by atoms with E-state index in [1.54, 1.807) is 20.8 Å². The minimum atomic E-state index is -4.86. The van der Waals surface area contributed by atoms with Crippen molar-refractivity contribution in [2.75, 3.05) is 18.0 Å². The van der Waals surface area contributed by atoms with Crippen LogP contribution in [-0.2, 0) is 15.7 Å². The van der Waals surface area contributed by atoms with Crippen LogP contribution in [0.1, 0.15) is 59.9 Å². The monoisotopic (exact) mass is 551 g/mol. The van der Waals surface area contributed by atoms with Crippen LogP contribution < -0.4 is 4.90 Å². The van der Waals surface area contributed by atoms with Crippen LogP contribution >= 0.6 is 11.6 Å². The Hall–Kier alpha value is -3.60. The lowest BCUT2D eigenvalue weighted by molar-refractivity contribution is -0.160. The van der Waals surface area contributed by atoms with E-state index in [0.29, 0.717) is 31.3 Å². The molecule has 1 aromatic heterocycles. The summed E-state index contributed by atoms with van der Waals surface area (Å²) in [6, 6.07) is 6.98. The third kappa shape index (κ3) is 5.47. The Kier molecular flexibility index (Phi) is 7.17. The number of hydrogen-bond donors (Lipinski definition) is 1. The van der Waals surface area contributed by atoms with Crippen molar-refractivity contribution in [3.63, 3.8) is 0 Å². The summed E-state index contributed by atoms with van der Waals surface area (Å²) in [5, 5.41) is 13.8. The number of hydrogen-bond acceptors (Lipinski definition) is 6. The number of halogens is 4. The second-order valence-corrected chi connectivity index (χ2v) is 10.4. The minimum absolute atomic E-state index is 0.0206. The lowest BCUT2D eigenvalue weighted by atomic mass is 9.96. The lowest BCUT2D eigenvalue weighted by Crippen LogP contribution is -2.39. The number of ether oxygens (including phenoxy) is 1. The van der Waals surface area contributed by atoms with Crippen molar-refractivity contribution in [3.8, 4) is 0 Å². The fraction of sp³-hybridized carbons (Fsp3) is 0.385. The van der Waals surface area contributed by atoms with Crippen LogP contribution in [0.5, 0.6) is 0 Å². The predicted molar refractivity (Wildman–Crippen MR) is 134 cm³/mol. The highest BCUT2D eigenvalue weighted by molar-refractivity contribution is 6.34. The molecule has 1 fully saturated rings. The van der Waals surface area contributed by atoms with E-state index in [0.717, 1.165) is 16.8 Å². The molecule has 0 bridgehead atoms. The first kappa shape index (κ1) is 27.4. The zero-order chi connectivity index (χ0) is 28.0. The third-order valence-corrected chi connectivity index (χ3v) is 6.48. The largest absolute Gasteiger partial charge is 0.478 e. The van der Waals surface area contributed by atoms with E-state index in [2.05, 4.69) is 5.10 Å². The van der Waals surface area contributed by atoms with Gasteiger partial charge in [0.25, 0.3) is 5.91 Å². The number of piperidine rings is 1. The van der Waals surface area contributed by atoms with Crippen LogP contribution in [0.3, 0.4) is 0 Å². The van der Waals surface area contributed by atoms with E-state index in [4.69, 9.17) is 16.3 Å². The van der Waals surface area contributed by atoms with Gasteiger partial charge in [0.1, 0.15) is 5.60 Å². The number of carboxylic acid groups (broad SMARTS) is 1. The maximum atomic E-state index is 13.7. The normalized spacial score (nSPS) is 15.1. The standard InChI is InChI=1S/C26H25ClF3N3O5/c1-25(2,3)38-24(37)14-9-11-32(12-10-14)21-16-8-7-15(23(35)36)13-19(16)33(31-21)22(34)20-17(26(28,29)30)5-4-6-18(20)27/h4-8,13-14H,9-12H2,1-3H3,(H,35,36). The molecule has 1 saturated heterocycles. The molecular weight excluding hydrogens is 527 g/mol. The quantitative estimate of drug-likeness (QED) is 0.418. The summed E-state index contributed by atoms with van der Waals surface area (Å²) in [4.78, 5) is 39.4. The van der Waals surface area contributed by atoms with Crippen LogP contribution in [0, 0.1) is 5.92 Å². The molecular formula is C26H25ClF3N3O5. The zero-order valence-corrected chi connectivity index (χ0v) is 21.6. The smallest absolute Gasteiger partial charge is 0.417 e. The first-order valence-electron chi connectivity index (χ1n) is 11.8. The lowest BCUT2D eigenvalue weighted by Gasteiger charge is -2.32. The van der Waals surface area contributed by atoms with Gasteiger partial charge in [-0.2, -0.15) is 17.9 Å². The molecule has 0 spiro atoms. The van der Waals surface area contributed by atoms with E-state index in [9.17, 15) is 32.7 Å². The number of benzene rings is 2. The summed E-state index contributed by atoms with van der Waals surface area (Å²) in [6.07, 6.45) is -3.99. The number of rotatable bonds is 4. The molecule has 0 amide bonds. The zero-order valence-electron chi connectivity index (χ0n) is 20.8. The van der Waals surface area contributed by atoms with E-state index in [1.165, 1.54) is 24.3 Å². The number of alkyl halides is 3. The SMILES string of the molecule is CC(C)(C)OC(=O)C1CCN(c2nn(C(=O)c3c(Cl)cccc3C(F)(F)F)c3cc(C(=O)O)ccc23)CC1. The second-order valence-electron chi connectivity index (χ2n) is 10.0. The number of carbonyl (C=O) groups excluding carboxylic acids is 2. The third-order valence-electron chi connectivity index (χ3n) is 6.17. The topological polar surface area (TPSA) is 102 Å². The van der Waals surface area contributed by atoms with Gasteiger partial charge in [-0.15, -0.1) is 5.10 Å². The number of fused-ring (bicyclic) bond motifs is 1. The molecule has 0 atom stereocenters. The number of aromatic nitrogens is 2. The van der Waals surface area contributed by atoms with E-state index in [-0.39, 0.29) is 28.8 Å². The Morgan fingerprint density at radius 2 is 1.74 bits per heavy atom. The first-order chi connectivity index (χ1) is 17.7. The molecule has 1 N–H and O–H groups in total. The molecule has 38 heavy (non-hydrogen) atoms. The van der Waals surface area contributed by atoms with Crippen molar-refractivity contribution >= 4 is 46.2 Å². The first-order valence-corrected chi connectivity index (χ1v) is 12.2. The molecule has 0 radical (unpaired) electrons. The van der Waals surface area contributed by atoms with Crippen LogP contribution in [0.4, 0.5) is 19.0 Å². The fourth-order valence-electron chi connectivity index (χ4n) is 4.42. The molecule has 12 heteroatoms. The summed E-state index contributed by atoms with van der Waals surface area (Å²) < 4.78 is 47.4. The van der Waals surface area contributed by atoms with E-state index in [1.807, 2.05) is 4.90 Å². The summed E-state index contributed by atoms with van der Waals surface area (Å²) >= 11 is 6.05. The molecule has 1 aliphatic heterocycles. The number of esters is 1. The van der Waals surface area contributed by atoms with Gasteiger partial charge in [0.2, 0.25) is 0 Å². The molecule has 1 aliphatic rings. The Morgan fingerprint density at radius 1 is 1.08 bits per heavy atom. The van der Waals surface area contributed by atoms with Gasteiger partial charge in [-0.05, 0) is 63.9 Å². The molecule has 3 aromatic rings. The van der Waals surface area contributed by atoms with Crippen molar-refractivity contribution in [3.05, 3.63) is 58.1 Å². The average Bonchev–Trinajstić information content (AvgIpc) is 3.21. The average molecular weight is 552 g/mol. The fourth-order valence-corrected chi connectivity index (χ4v) is 4.67. The van der Waals surface area contributed by atoms with Gasteiger partial charge in [0.15, 0.2) is 5.82 Å². The highest BCUT2D eigenvalue weighted by atomic mass is 35.5. The van der Waals surface area contributed by atoms with Gasteiger partial charge in [-0.25, -0.2) is 4.79 Å². The Morgan fingerprint density at radius 3 is 2.32 bits per heavy atom. The number of carboxylic acids is 1. The summed E-state index contributed by atoms with van der Waals surface area (Å²) in [5.41, 5.74) is -2.79.